The first-order chi connectivity index (χ1) is 18.6. The van der Waals surface area contributed by atoms with Gasteiger partial charge in [-0.25, -0.2) is 28.2 Å². The number of alkyl halides is 1. The van der Waals surface area contributed by atoms with Gasteiger partial charge < -0.3 is 20.6 Å². The molecule has 3 N–H and O–H groups in total. The van der Waals surface area contributed by atoms with E-state index in [0.29, 0.717) is 53.1 Å². The van der Waals surface area contributed by atoms with Crippen molar-refractivity contribution in [2.24, 2.45) is 0 Å². The van der Waals surface area contributed by atoms with Crippen LogP contribution in [0.1, 0.15) is 30.6 Å². The number of fused-ring (bicyclic) bond motifs is 1. The topological polar surface area (TPSA) is 133 Å². The van der Waals surface area contributed by atoms with Crippen LogP contribution in [0.25, 0.3) is 16.9 Å². The molecule has 1 amide bonds. The van der Waals surface area contributed by atoms with Crippen molar-refractivity contribution < 1.29 is 18.7 Å². The summed E-state index contributed by atoms with van der Waals surface area (Å²) in [5, 5.41) is 20.5. The molecule has 1 aliphatic heterocycles. The summed E-state index contributed by atoms with van der Waals surface area (Å²) < 4.78 is 29.1. The molecule has 5 rings (SSSR count). The van der Waals surface area contributed by atoms with E-state index < -0.39 is 23.5 Å². The minimum atomic E-state index is -1.67. The Labute approximate surface area is 227 Å². The number of anilines is 2. The Morgan fingerprint density at radius 2 is 1.97 bits per heavy atom. The van der Waals surface area contributed by atoms with Crippen molar-refractivity contribution in [1.82, 2.24) is 34.9 Å². The molecule has 0 bridgehead atoms. The Kier molecular flexibility index (Phi) is 7.28. The summed E-state index contributed by atoms with van der Waals surface area (Å²) in [7, 11) is 0. The summed E-state index contributed by atoms with van der Waals surface area (Å²) in [6.45, 7) is 3.42. The predicted molar refractivity (Wildman–Crippen MR) is 141 cm³/mol. The Bertz CT molecular complexity index is 1490. The Morgan fingerprint density at radius 1 is 1.21 bits per heavy atom. The Balaban J connectivity index is 1.42. The van der Waals surface area contributed by atoms with Gasteiger partial charge in [-0.2, -0.15) is 5.10 Å². The fourth-order valence-electron chi connectivity index (χ4n) is 4.21. The molecule has 14 heteroatoms. The first-order valence-electron chi connectivity index (χ1n) is 12.2. The molecular formula is C25H26ClF2N9O2. The number of halogens is 3. The third-order valence-corrected chi connectivity index (χ3v) is 6.59. The average molecular weight is 558 g/mol. The van der Waals surface area contributed by atoms with Gasteiger partial charge in [0.1, 0.15) is 6.17 Å². The van der Waals surface area contributed by atoms with Crippen LogP contribution in [0.2, 0.25) is 5.02 Å². The number of hydrogen-bond donors (Lipinski definition) is 3. The van der Waals surface area contributed by atoms with Crippen LogP contribution in [-0.2, 0) is 0 Å². The van der Waals surface area contributed by atoms with Gasteiger partial charge in [0.15, 0.2) is 11.5 Å². The molecule has 1 saturated heterocycles. The predicted octanol–water partition coefficient (Wildman–Crippen LogP) is 2.90. The first kappa shape index (κ1) is 26.6. The lowest BCUT2D eigenvalue weighted by Gasteiger charge is -2.23. The van der Waals surface area contributed by atoms with Gasteiger partial charge in [-0.1, -0.05) is 11.6 Å². The molecule has 0 aliphatic carbocycles. The number of pyridine rings is 1. The van der Waals surface area contributed by atoms with Crippen molar-refractivity contribution in [2.75, 3.05) is 29.9 Å². The van der Waals surface area contributed by atoms with Crippen LogP contribution in [0.3, 0.4) is 0 Å². The lowest BCUT2D eigenvalue weighted by molar-refractivity contribution is -0.00177. The minimum absolute atomic E-state index is 0.105. The van der Waals surface area contributed by atoms with Crippen molar-refractivity contribution in [3.63, 3.8) is 0 Å². The molecule has 0 radical (unpaired) electrons. The molecule has 204 valence electrons. The molecule has 4 aromatic heterocycles. The molecule has 2 atom stereocenters. The molecule has 0 aromatic carbocycles. The van der Waals surface area contributed by atoms with Crippen molar-refractivity contribution in [3.8, 4) is 11.3 Å². The van der Waals surface area contributed by atoms with E-state index in [1.165, 1.54) is 30.8 Å². The largest absolute Gasteiger partial charge is 0.387 e. The summed E-state index contributed by atoms with van der Waals surface area (Å²) in [6.07, 6.45) is 7.39. The highest BCUT2D eigenvalue weighted by Gasteiger charge is 2.29. The second-order valence-electron chi connectivity index (χ2n) is 9.82. The molecule has 5 heterocycles. The van der Waals surface area contributed by atoms with Gasteiger partial charge >= 0.3 is 0 Å². The van der Waals surface area contributed by atoms with Gasteiger partial charge in [-0.3, -0.25) is 9.78 Å². The molecule has 11 nitrogen and oxygen atoms in total. The van der Waals surface area contributed by atoms with E-state index in [2.05, 4.69) is 35.7 Å². The minimum Gasteiger partial charge on any atom is -0.387 e. The monoisotopic (exact) mass is 557 g/mol. The van der Waals surface area contributed by atoms with Crippen molar-refractivity contribution in [1.29, 1.82) is 0 Å². The third kappa shape index (κ3) is 5.88. The first-order valence-corrected chi connectivity index (χ1v) is 12.6. The molecule has 4 aromatic rings. The number of hydrogen-bond acceptors (Lipinski definition) is 9. The van der Waals surface area contributed by atoms with E-state index in [9.17, 15) is 18.7 Å². The number of aliphatic hydroxyl groups is 1. The van der Waals surface area contributed by atoms with Gasteiger partial charge in [0, 0.05) is 31.5 Å². The zero-order chi connectivity index (χ0) is 27.7. The number of nitrogens with one attached hydrogen (secondary N) is 2. The van der Waals surface area contributed by atoms with Gasteiger partial charge in [0.05, 0.1) is 64.5 Å². The smallest absolute Gasteiger partial charge is 0.255 e. The van der Waals surface area contributed by atoms with Crippen molar-refractivity contribution in [3.05, 3.63) is 59.7 Å². The van der Waals surface area contributed by atoms with Crippen LogP contribution in [0.15, 0.2) is 43.2 Å². The number of nitrogens with zero attached hydrogens (tertiary/aromatic N) is 7. The third-order valence-electron chi connectivity index (χ3n) is 6.40. The highest BCUT2D eigenvalue weighted by molar-refractivity contribution is 6.30. The van der Waals surface area contributed by atoms with Crippen LogP contribution in [0.5, 0.6) is 0 Å². The Hall–Kier alpha value is -3.97. The number of carbonyl (C=O) groups excluding carboxylic acids is 1. The maximum absolute atomic E-state index is 14.3. The maximum atomic E-state index is 14.3. The summed E-state index contributed by atoms with van der Waals surface area (Å²) in [5.41, 5.74) is 0.727. The van der Waals surface area contributed by atoms with Crippen LogP contribution >= 0.6 is 11.6 Å². The van der Waals surface area contributed by atoms with Crippen molar-refractivity contribution in [2.45, 2.75) is 38.1 Å². The summed E-state index contributed by atoms with van der Waals surface area (Å²) in [5.74, 6) is -0.659. The number of aromatic nitrogens is 6. The van der Waals surface area contributed by atoms with Crippen LogP contribution in [0.4, 0.5) is 20.4 Å². The number of rotatable bonds is 8. The number of amides is 1. The highest BCUT2D eigenvalue weighted by Crippen LogP contribution is 2.28. The van der Waals surface area contributed by atoms with Crippen LogP contribution in [0, 0.1) is 5.82 Å². The molecule has 2 unspecified atom stereocenters. The van der Waals surface area contributed by atoms with Gasteiger partial charge in [-0.15, -0.1) is 0 Å². The lowest BCUT2D eigenvalue weighted by atomic mass is 10.0. The second-order valence-corrected chi connectivity index (χ2v) is 10.3. The molecule has 1 fully saturated rings. The summed E-state index contributed by atoms with van der Waals surface area (Å²) >= 11 is 6.03. The molecule has 1 aliphatic rings. The highest BCUT2D eigenvalue weighted by atomic mass is 35.5. The lowest BCUT2D eigenvalue weighted by Crippen LogP contribution is -2.42. The van der Waals surface area contributed by atoms with Gasteiger partial charge in [0.2, 0.25) is 5.95 Å². The van der Waals surface area contributed by atoms with E-state index in [-0.39, 0.29) is 18.2 Å². The van der Waals surface area contributed by atoms with E-state index >= 15 is 0 Å². The second kappa shape index (κ2) is 10.7. The quantitative estimate of drug-likeness (QED) is 0.299. The maximum Gasteiger partial charge on any atom is 0.255 e. The van der Waals surface area contributed by atoms with Crippen LogP contribution < -0.4 is 15.5 Å². The fraction of sp³-hybridized carbons (Fsp3) is 0.360. The zero-order valence-electron chi connectivity index (χ0n) is 21.1. The van der Waals surface area contributed by atoms with E-state index in [1.807, 2.05) is 4.90 Å². The zero-order valence-corrected chi connectivity index (χ0v) is 21.9. The van der Waals surface area contributed by atoms with E-state index in [4.69, 9.17) is 11.6 Å². The standard InChI is InChI=1S/C25H26ClF2N9O2/c1-25(2,39)21(28)11-31-23(38)18-9-29-19(17-10-34-37-12-14(26)6-30-22(17)37)5-20(18)35-16-3-4-36(13-16)24-32-7-15(27)8-33-24/h5-10,12,16,21,39H,3-4,11,13H2,1-2H3,(H,29,35)(H,31,38). The Morgan fingerprint density at radius 3 is 2.72 bits per heavy atom. The number of carbonyl (C=O) groups is 1. The van der Waals surface area contributed by atoms with E-state index in [0.717, 1.165) is 12.4 Å². The van der Waals surface area contributed by atoms with Gasteiger partial charge in [0.25, 0.3) is 5.91 Å². The average Bonchev–Trinajstić information content (AvgIpc) is 3.54. The van der Waals surface area contributed by atoms with Gasteiger partial charge in [-0.05, 0) is 26.3 Å². The van der Waals surface area contributed by atoms with Crippen LogP contribution in [-0.4, -0.2) is 78.0 Å². The van der Waals surface area contributed by atoms with Crippen molar-refractivity contribution >= 4 is 34.8 Å². The molecule has 39 heavy (non-hydrogen) atoms. The molecule has 0 saturated carbocycles. The fourth-order valence-corrected chi connectivity index (χ4v) is 4.35. The molecular weight excluding hydrogens is 532 g/mol. The SMILES string of the molecule is CC(C)(O)C(F)CNC(=O)c1cnc(-c2cnn3cc(Cl)cnc23)cc1NC1CCN(c2ncc(F)cn2)C1. The summed E-state index contributed by atoms with van der Waals surface area (Å²) in [6, 6.07) is 1.61. The van der Waals surface area contributed by atoms with E-state index in [1.54, 1.807) is 18.5 Å². The normalized spacial score (nSPS) is 16.5. The summed E-state index contributed by atoms with van der Waals surface area (Å²) in [4.78, 5) is 31.9. The molecule has 0 spiro atoms.